The van der Waals surface area contributed by atoms with E-state index < -0.39 is 28.0 Å². The van der Waals surface area contributed by atoms with Crippen LogP contribution in [0, 0.1) is 11.8 Å². The fraction of sp³-hybridized carbons (Fsp3) is 0.562. The number of ether oxygens (including phenoxy) is 2. The molecule has 2 N–H and O–H groups in total. The van der Waals surface area contributed by atoms with E-state index in [1.807, 2.05) is 0 Å². The molecule has 2 rings (SSSR count). The molecule has 140 valence electrons. The highest BCUT2D eigenvalue weighted by Crippen LogP contribution is 2.29. The van der Waals surface area contributed by atoms with Crippen LogP contribution in [0.3, 0.4) is 0 Å². The number of rotatable bonds is 8. The molecule has 1 aliphatic heterocycles. The lowest BCUT2D eigenvalue weighted by molar-refractivity contribution is -0.140. The van der Waals surface area contributed by atoms with Crippen molar-refractivity contribution in [1.29, 1.82) is 0 Å². The topological polar surface area (TPSA) is 102 Å². The smallest absolute Gasteiger partial charge is 0.322 e. The molecule has 0 spiro atoms. The Morgan fingerprint density at radius 3 is 2.76 bits per heavy atom. The molecule has 1 heterocycles. The first-order chi connectivity index (χ1) is 11.7. The van der Waals surface area contributed by atoms with E-state index in [2.05, 4.69) is 4.72 Å². The Kier molecular flexibility index (Phi) is 6.67. The molecule has 1 saturated heterocycles. The normalized spacial score (nSPS) is 19.1. The summed E-state index contributed by atoms with van der Waals surface area (Å²) in [6.07, 6.45) is 0.850. The first kappa shape index (κ1) is 20.0. The number of hydrogen-bond donors (Lipinski definition) is 2. The zero-order chi connectivity index (χ0) is 18.6. The maximum atomic E-state index is 12.7. The second-order valence-electron chi connectivity index (χ2n) is 6.31. The highest BCUT2D eigenvalue weighted by molar-refractivity contribution is 7.89. The Balaban J connectivity index is 2.25. The molecule has 7 nitrogen and oxygen atoms in total. The van der Waals surface area contributed by atoms with Crippen LogP contribution in [0.25, 0.3) is 0 Å². The number of carbonyl (C=O) groups is 1. The van der Waals surface area contributed by atoms with Crippen molar-refractivity contribution in [2.75, 3.05) is 19.8 Å². The van der Waals surface area contributed by atoms with E-state index in [1.165, 1.54) is 18.2 Å². The number of aliphatic carboxylic acids is 1. The second kappa shape index (κ2) is 8.35. The summed E-state index contributed by atoms with van der Waals surface area (Å²) in [7, 11) is -4.12. The lowest BCUT2D eigenvalue weighted by atomic mass is 10.1. The van der Waals surface area contributed by atoms with E-state index in [0.29, 0.717) is 19.8 Å². The van der Waals surface area contributed by atoms with Crippen LogP contribution in [0.4, 0.5) is 0 Å². The number of nitrogens with one attached hydrogen (secondary N) is 1. The van der Waals surface area contributed by atoms with Crippen LogP contribution in [0.2, 0.25) is 5.02 Å². The number of carboxylic acid groups (broad SMARTS) is 1. The fourth-order valence-corrected chi connectivity index (χ4v) is 4.18. The minimum Gasteiger partial charge on any atom is -0.492 e. The minimum atomic E-state index is -4.12. The van der Waals surface area contributed by atoms with Crippen LogP contribution >= 0.6 is 11.6 Å². The maximum absolute atomic E-state index is 12.7. The Hall–Kier alpha value is -1.35. The van der Waals surface area contributed by atoms with Crippen LogP contribution in [0.15, 0.2) is 23.1 Å². The molecule has 0 radical (unpaired) electrons. The standard InChI is InChI=1S/C16H22ClNO6S/c1-10(2)15(16(19)20)18-25(21,22)14-7-12(17)3-4-13(14)24-9-11-5-6-23-8-11/h3-4,7,10-11,15,18H,5-6,8-9H2,1-2H3,(H,19,20)/t11?,15-/m1/s1. The number of sulfonamides is 1. The first-order valence-electron chi connectivity index (χ1n) is 7.96. The fourth-order valence-electron chi connectivity index (χ4n) is 2.44. The molecule has 0 bridgehead atoms. The monoisotopic (exact) mass is 391 g/mol. The molecule has 0 aromatic heterocycles. The van der Waals surface area contributed by atoms with E-state index in [-0.39, 0.29) is 21.6 Å². The van der Waals surface area contributed by atoms with Gasteiger partial charge in [-0.25, -0.2) is 8.42 Å². The molecule has 1 fully saturated rings. The zero-order valence-electron chi connectivity index (χ0n) is 14.1. The first-order valence-corrected chi connectivity index (χ1v) is 9.82. The highest BCUT2D eigenvalue weighted by atomic mass is 35.5. The number of halogens is 1. The van der Waals surface area contributed by atoms with Gasteiger partial charge < -0.3 is 14.6 Å². The van der Waals surface area contributed by atoms with E-state index >= 15 is 0 Å². The molecule has 1 aromatic rings. The quantitative estimate of drug-likeness (QED) is 0.703. The van der Waals surface area contributed by atoms with Crippen molar-refractivity contribution in [3.8, 4) is 5.75 Å². The minimum absolute atomic E-state index is 0.136. The lowest BCUT2D eigenvalue weighted by Gasteiger charge is -2.20. The maximum Gasteiger partial charge on any atom is 0.322 e. The summed E-state index contributed by atoms with van der Waals surface area (Å²) in [6, 6.07) is 3.00. The Morgan fingerprint density at radius 2 is 2.20 bits per heavy atom. The third-order valence-electron chi connectivity index (χ3n) is 3.91. The summed E-state index contributed by atoms with van der Waals surface area (Å²) in [5, 5.41) is 9.44. The van der Waals surface area contributed by atoms with E-state index in [1.54, 1.807) is 13.8 Å². The van der Waals surface area contributed by atoms with Gasteiger partial charge in [-0.05, 0) is 30.5 Å². The predicted octanol–water partition coefficient (Wildman–Crippen LogP) is 2.14. The van der Waals surface area contributed by atoms with Crippen molar-refractivity contribution in [3.63, 3.8) is 0 Å². The van der Waals surface area contributed by atoms with E-state index in [0.717, 1.165) is 6.42 Å². The molecule has 1 unspecified atom stereocenters. The van der Waals surface area contributed by atoms with Gasteiger partial charge >= 0.3 is 5.97 Å². The predicted molar refractivity (Wildman–Crippen MR) is 92.5 cm³/mol. The van der Waals surface area contributed by atoms with E-state index in [9.17, 15) is 18.3 Å². The van der Waals surface area contributed by atoms with Crippen molar-refractivity contribution in [3.05, 3.63) is 23.2 Å². The van der Waals surface area contributed by atoms with Crippen LogP contribution < -0.4 is 9.46 Å². The molecule has 2 atom stereocenters. The van der Waals surface area contributed by atoms with Crippen molar-refractivity contribution in [2.24, 2.45) is 11.8 Å². The molecule has 0 saturated carbocycles. The summed E-state index contributed by atoms with van der Waals surface area (Å²) in [5.74, 6) is -1.34. The zero-order valence-corrected chi connectivity index (χ0v) is 15.6. The van der Waals surface area contributed by atoms with Crippen molar-refractivity contribution >= 4 is 27.6 Å². The van der Waals surface area contributed by atoms with Crippen LogP contribution in [0.5, 0.6) is 5.75 Å². The lowest BCUT2D eigenvalue weighted by Crippen LogP contribution is -2.44. The molecular weight excluding hydrogens is 370 g/mol. The molecule has 0 aliphatic carbocycles. The third-order valence-corrected chi connectivity index (χ3v) is 5.61. The van der Waals surface area contributed by atoms with Gasteiger partial charge in [-0.15, -0.1) is 0 Å². The average Bonchev–Trinajstić information content (AvgIpc) is 3.04. The van der Waals surface area contributed by atoms with Crippen molar-refractivity contribution < 1.29 is 27.8 Å². The van der Waals surface area contributed by atoms with Gasteiger partial charge in [0.15, 0.2) is 0 Å². The third kappa shape index (κ3) is 5.31. The van der Waals surface area contributed by atoms with Gasteiger partial charge in [0.25, 0.3) is 0 Å². The average molecular weight is 392 g/mol. The molecule has 1 aliphatic rings. The van der Waals surface area contributed by atoms with Gasteiger partial charge in [0.1, 0.15) is 16.7 Å². The SMILES string of the molecule is CC(C)[C@@H](NS(=O)(=O)c1cc(Cl)ccc1OCC1CCOC1)C(=O)O. The van der Waals surface area contributed by atoms with Crippen molar-refractivity contribution in [2.45, 2.75) is 31.2 Å². The largest absolute Gasteiger partial charge is 0.492 e. The number of carboxylic acids is 1. The van der Waals surface area contributed by atoms with Crippen LogP contribution in [-0.4, -0.2) is 45.4 Å². The Bertz CT molecular complexity index is 715. The highest BCUT2D eigenvalue weighted by Gasteiger charge is 2.30. The summed E-state index contributed by atoms with van der Waals surface area (Å²) in [5.41, 5.74) is 0. The molecular formula is C16H22ClNO6S. The molecule has 25 heavy (non-hydrogen) atoms. The Morgan fingerprint density at radius 1 is 1.48 bits per heavy atom. The number of benzene rings is 1. The Labute approximate surface area is 152 Å². The molecule has 0 amide bonds. The van der Waals surface area contributed by atoms with Gasteiger partial charge in [0, 0.05) is 17.5 Å². The molecule has 1 aromatic carbocycles. The van der Waals surface area contributed by atoms with E-state index in [4.69, 9.17) is 21.1 Å². The van der Waals surface area contributed by atoms with Gasteiger partial charge in [-0.2, -0.15) is 4.72 Å². The van der Waals surface area contributed by atoms with Gasteiger partial charge in [0.05, 0.1) is 13.2 Å². The van der Waals surface area contributed by atoms with Crippen molar-refractivity contribution in [1.82, 2.24) is 4.72 Å². The second-order valence-corrected chi connectivity index (χ2v) is 8.43. The number of hydrogen-bond acceptors (Lipinski definition) is 5. The van der Waals surface area contributed by atoms with Crippen LogP contribution in [0.1, 0.15) is 20.3 Å². The van der Waals surface area contributed by atoms with Gasteiger partial charge in [-0.3, -0.25) is 4.79 Å². The van der Waals surface area contributed by atoms with Crippen LogP contribution in [-0.2, 0) is 19.6 Å². The molecule has 9 heteroatoms. The summed E-state index contributed by atoms with van der Waals surface area (Å²) >= 11 is 5.93. The van der Waals surface area contributed by atoms with Gasteiger partial charge in [-0.1, -0.05) is 25.4 Å². The summed E-state index contributed by atoms with van der Waals surface area (Å²) < 4.78 is 38.5. The summed E-state index contributed by atoms with van der Waals surface area (Å²) in [6.45, 7) is 4.79. The van der Waals surface area contributed by atoms with Gasteiger partial charge in [0.2, 0.25) is 10.0 Å². The summed E-state index contributed by atoms with van der Waals surface area (Å²) in [4.78, 5) is 11.1.